The summed E-state index contributed by atoms with van der Waals surface area (Å²) < 4.78 is 4.71. The number of hydrogen-bond donors (Lipinski definition) is 0. The van der Waals surface area contributed by atoms with Gasteiger partial charge in [-0.2, -0.15) is 0 Å². The summed E-state index contributed by atoms with van der Waals surface area (Å²) in [6.45, 7) is 0. The van der Waals surface area contributed by atoms with Crippen molar-refractivity contribution in [3.63, 3.8) is 0 Å². The van der Waals surface area contributed by atoms with Crippen molar-refractivity contribution in [2.45, 2.75) is 5.41 Å². The minimum Gasteiger partial charge on any atom is -0.317 e. The Labute approximate surface area is 418 Å². The van der Waals surface area contributed by atoms with Crippen LogP contribution in [0.25, 0.3) is 77.5 Å². The van der Waals surface area contributed by atoms with Crippen molar-refractivity contribution < 1.29 is 0 Å². The van der Waals surface area contributed by atoms with E-state index in [-0.39, 0.29) is 0 Å². The van der Waals surface area contributed by atoms with E-state index < -0.39 is 5.41 Å². The molecule has 0 radical (unpaired) electrons. The van der Waals surface area contributed by atoms with Crippen LogP contribution >= 0.6 is 0 Å². The number of aromatic nitrogens is 3. The molecule has 1 aliphatic rings. The molecule has 0 N–H and O–H groups in total. The average Bonchev–Trinajstić information content (AvgIpc) is 4.14. The molecule has 0 unspecified atom stereocenters. The third kappa shape index (κ3) is 6.50. The van der Waals surface area contributed by atoms with Crippen molar-refractivity contribution in [2.75, 3.05) is 4.90 Å². The standard InChI is InChI=1S/C68H46N4/c1-5-17-51(18-6-1)68(52-19-7-2-8-20-52)62-26-14-13-25-58(62)59-37-36-57(45-63(59)68)71(56-34-29-48(30-35-56)50-16-15-42-69-46-50)55-32-27-47(28-33-55)49-31-38-65-61(44-49)67-60-41-43-70(53-21-9-3-10-22-53)64(60)39-40-66(67)72(65)54-23-11-4-12-24-54/h1-46H. The lowest BCUT2D eigenvalue weighted by Crippen LogP contribution is -2.28. The van der Waals surface area contributed by atoms with Crippen LogP contribution in [0.1, 0.15) is 22.3 Å². The van der Waals surface area contributed by atoms with Crippen molar-refractivity contribution >= 4 is 49.8 Å². The molecule has 0 amide bonds. The zero-order valence-corrected chi connectivity index (χ0v) is 39.3. The number of nitrogens with zero attached hydrogens (tertiary/aromatic N) is 4. The molecule has 0 saturated carbocycles. The van der Waals surface area contributed by atoms with Crippen LogP contribution in [-0.4, -0.2) is 14.1 Å². The maximum atomic E-state index is 4.42. The third-order valence-electron chi connectivity index (χ3n) is 14.9. The lowest BCUT2D eigenvalue weighted by molar-refractivity contribution is 0.768. The van der Waals surface area contributed by atoms with Gasteiger partial charge in [0.25, 0.3) is 0 Å². The van der Waals surface area contributed by atoms with Crippen molar-refractivity contribution in [1.82, 2.24) is 14.1 Å². The van der Waals surface area contributed by atoms with Crippen LogP contribution in [0, 0.1) is 0 Å². The fourth-order valence-electron chi connectivity index (χ4n) is 11.7. The largest absolute Gasteiger partial charge is 0.317 e. The summed E-state index contributed by atoms with van der Waals surface area (Å²) in [5.74, 6) is 0. The smallest absolute Gasteiger partial charge is 0.0714 e. The highest BCUT2D eigenvalue weighted by Crippen LogP contribution is 2.57. The summed E-state index contributed by atoms with van der Waals surface area (Å²) in [6, 6.07) is 95.4. The minimum atomic E-state index is -0.526. The summed E-state index contributed by atoms with van der Waals surface area (Å²) in [5, 5.41) is 3.71. The normalized spacial score (nSPS) is 12.6. The molecule has 10 aromatic carbocycles. The van der Waals surface area contributed by atoms with Gasteiger partial charge >= 0.3 is 0 Å². The quantitative estimate of drug-likeness (QED) is 0.144. The first-order valence-corrected chi connectivity index (χ1v) is 24.7. The van der Waals surface area contributed by atoms with E-state index in [1.54, 1.807) is 0 Å². The molecule has 0 spiro atoms. The molecule has 1 aliphatic carbocycles. The van der Waals surface area contributed by atoms with Crippen LogP contribution < -0.4 is 4.90 Å². The molecule has 338 valence electrons. The van der Waals surface area contributed by atoms with Crippen LogP contribution in [0.2, 0.25) is 0 Å². The van der Waals surface area contributed by atoms with Crippen LogP contribution in [0.4, 0.5) is 17.1 Å². The molecule has 3 aromatic heterocycles. The van der Waals surface area contributed by atoms with E-state index in [0.29, 0.717) is 0 Å². The predicted molar refractivity (Wildman–Crippen MR) is 298 cm³/mol. The Bertz CT molecular complexity index is 4070. The van der Waals surface area contributed by atoms with Gasteiger partial charge in [0.2, 0.25) is 0 Å². The van der Waals surface area contributed by atoms with Crippen molar-refractivity contribution in [2.24, 2.45) is 0 Å². The number of benzene rings is 10. The van der Waals surface area contributed by atoms with Gasteiger partial charge in [-0.15, -0.1) is 0 Å². The number of pyridine rings is 1. The second kappa shape index (κ2) is 16.9. The molecule has 14 rings (SSSR count). The zero-order valence-electron chi connectivity index (χ0n) is 39.3. The highest BCUT2D eigenvalue weighted by Gasteiger charge is 2.46. The van der Waals surface area contributed by atoms with E-state index in [1.807, 2.05) is 18.5 Å². The van der Waals surface area contributed by atoms with Gasteiger partial charge < -0.3 is 14.0 Å². The molecule has 13 aromatic rings. The highest BCUT2D eigenvalue weighted by atomic mass is 15.1. The van der Waals surface area contributed by atoms with E-state index in [9.17, 15) is 0 Å². The first-order chi connectivity index (χ1) is 35.7. The fraction of sp³-hybridized carbons (Fsp3) is 0.0147. The Balaban J connectivity index is 0.930. The highest BCUT2D eigenvalue weighted by molar-refractivity contribution is 6.21. The zero-order chi connectivity index (χ0) is 47.6. The van der Waals surface area contributed by atoms with Crippen LogP contribution in [0.15, 0.2) is 279 Å². The Morgan fingerprint density at radius 2 is 0.917 bits per heavy atom. The molecule has 4 nitrogen and oxygen atoms in total. The molecular weight excluding hydrogens is 873 g/mol. The molecule has 72 heavy (non-hydrogen) atoms. The molecule has 0 aliphatic heterocycles. The second-order valence-electron chi connectivity index (χ2n) is 18.7. The van der Waals surface area contributed by atoms with E-state index in [1.165, 1.54) is 71.7 Å². The Morgan fingerprint density at radius 3 is 1.58 bits per heavy atom. The summed E-state index contributed by atoms with van der Waals surface area (Å²) >= 11 is 0. The first kappa shape index (κ1) is 41.5. The molecule has 0 bridgehead atoms. The molecule has 0 atom stereocenters. The minimum absolute atomic E-state index is 0.526. The molecule has 4 heteroatoms. The van der Waals surface area contributed by atoms with Gasteiger partial charge in [-0.3, -0.25) is 4.98 Å². The number of fused-ring (bicyclic) bond motifs is 8. The van der Waals surface area contributed by atoms with E-state index in [2.05, 4.69) is 280 Å². The molecule has 3 heterocycles. The van der Waals surface area contributed by atoms with Crippen LogP contribution in [0.5, 0.6) is 0 Å². The SMILES string of the molecule is c1ccc(-n2ccc3c4c5cc(-c6ccc(N(c7ccc(-c8cccnc8)cc7)c7ccc8c(c7)C(c7ccccc7)(c7ccccc7)c7ccccc7-8)cc6)ccc5n(-c5ccccc5)c4ccc32)cc1. The second-order valence-corrected chi connectivity index (χ2v) is 18.7. The Morgan fingerprint density at radius 1 is 0.361 bits per heavy atom. The third-order valence-corrected chi connectivity index (χ3v) is 14.9. The fourth-order valence-corrected chi connectivity index (χ4v) is 11.7. The van der Waals surface area contributed by atoms with E-state index in [0.717, 1.165) is 45.1 Å². The number of hydrogen-bond acceptors (Lipinski definition) is 2. The van der Waals surface area contributed by atoms with Gasteiger partial charge in [0.1, 0.15) is 0 Å². The van der Waals surface area contributed by atoms with Gasteiger partial charge in [0, 0.05) is 63.2 Å². The monoisotopic (exact) mass is 918 g/mol. The summed E-state index contributed by atoms with van der Waals surface area (Å²) in [4.78, 5) is 6.83. The van der Waals surface area contributed by atoms with E-state index in [4.69, 9.17) is 0 Å². The van der Waals surface area contributed by atoms with Crippen LogP contribution in [0.3, 0.4) is 0 Å². The number of rotatable bonds is 9. The lowest BCUT2D eigenvalue weighted by atomic mass is 9.67. The molecule has 0 fully saturated rings. The summed E-state index contributed by atoms with van der Waals surface area (Å²) in [6.07, 6.45) is 5.95. The molecule has 0 saturated heterocycles. The van der Waals surface area contributed by atoms with E-state index >= 15 is 0 Å². The Hall–Kier alpha value is -9.51. The van der Waals surface area contributed by atoms with Crippen molar-refractivity contribution in [3.8, 4) is 44.8 Å². The number of anilines is 3. The van der Waals surface area contributed by atoms with Gasteiger partial charge in [-0.05, 0) is 153 Å². The van der Waals surface area contributed by atoms with Gasteiger partial charge in [-0.25, -0.2) is 0 Å². The maximum Gasteiger partial charge on any atom is 0.0714 e. The number of para-hydroxylation sites is 2. The first-order valence-electron chi connectivity index (χ1n) is 24.7. The summed E-state index contributed by atoms with van der Waals surface area (Å²) in [5.41, 5.74) is 20.6. The van der Waals surface area contributed by atoms with Gasteiger partial charge in [0.05, 0.1) is 22.0 Å². The van der Waals surface area contributed by atoms with Crippen LogP contribution in [-0.2, 0) is 5.41 Å². The van der Waals surface area contributed by atoms with Crippen molar-refractivity contribution in [3.05, 3.63) is 302 Å². The maximum absolute atomic E-state index is 4.42. The average molecular weight is 919 g/mol. The topological polar surface area (TPSA) is 26.0 Å². The van der Waals surface area contributed by atoms with Gasteiger partial charge in [0.15, 0.2) is 0 Å². The Kier molecular flexibility index (Phi) is 9.71. The lowest BCUT2D eigenvalue weighted by Gasteiger charge is -2.35. The molecular formula is C68H46N4. The predicted octanol–water partition coefficient (Wildman–Crippen LogP) is 17.3. The van der Waals surface area contributed by atoms with Gasteiger partial charge in [-0.1, -0.05) is 164 Å². The van der Waals surface area contributed by atoms with Crippen molar-refractivity contribution in [1.29, 1.82) is 0 Å². The summed E-state index contributed by atoms with van der Waals surface area (Å²) in [7, 11) is 0.